The summed E-state index contributed by atoms with van der Waals surface area (Å²) in [5.74, 6) is -1.98. The van der Waals surface area contributed by atoms with Gasteiger partial charge < -0.3 is 19.6 Å². The summed E-state index contributed by atoms with van der Waals surface area (Å²) in [4.78, 5) is 45.4. The number of nitrogens with zero attached hydrogens (tertiary/aromatic N) is 2. The maximum absolute atomic E-state index is 14.3. The number of fused-ring (bicyclic) bond motifs is 2. The van der Waals surface area contributed by atoms with Gasteiger partial charge in [0, 0.05) is 17.8 Å². The molecule has 1 N–H and O–H groups in total. The standard InChI is InChI=1S/C27H40N2O5S/c1-5-11-18(4)28-14-10-13-27-22(21-20(35-27)12-8-7-9-15-34-26(21)33)24(31)29(23(27)25(28)32)19(16-30)17(3)6-2/h8,10,12-13,17-23,30H,5-7,9,11,14-16H2,1-4H3/b12-8-/t17-,18?,19-,20+,21-,22-,23?,27-/m0/s1. The molecule has 0 radical (unpaired) electrons. The van der Waals surface area contributed by atoms with Gasteiger partial charge in [-0.3, -0.25) is 14.4 Å². The van der Waals surface area contributed by atoms with Crippen LogP contribution in [0.25, 0.3) is 0 Å². The summed E-state index contributed by atoms with van der Waals surface area (Å²) in [5.41, 5.74) is 0. The molecule has 2 unspecified atom stereocenters. The van der Waals surface area contributed by atoms with Gasteiger partial charge in [-0.1, -0.05) is 57.9 Å². The zero-order valence-electron chi connectivity index (χ0n) is 21.4. The van der Waals surface area contributed by atoms with Crippen LogP contribution in [0.5, 0.6) is 0 Å². The number of cyclic esters (lactones) is 1. The van der Waals surface area contributed by atoms with Crippen LogP contribution in [0.2, 0.25) is 0 Å². The molecule has 4 aliphatic rings. The molecule has 7 nitrogen and oxygen atoms in total. The van der Waals surface area contributed by atoms with E-state index in [-0.39, 0.29) is 41.6 Å². The molecule has 1 spiro atoms. The summed E-state index contributed by atoms with van der Waals surface area (Å²) < 4.78 is 4.75. The fourth-order valence-corrected chi connectivity index (χ4v) is 8.34. The lowest BCUT2D eigenvalue weighted by Crippen LogP contribution is -2.58. The minimum absolute atomic E-state index is 0.00884. The summed E-state index contributed by atoms with van der Waals surface area (Å²) in [6.07, 6.45) is 12.3. The van der Waals surface area contributed by atoms with Crippen molar-refractivity contribution in [3.05, 3.63) is 24.3 Å². The van der Waals surface area contributed by atoms with Crippen LogP contribution >= 0.6 is 11.8 Å². The molecular formula is C27H40N2O5S. The highest BCUT2D eigenvalue weighted by Gasteiger charge is 2.72. The van der Waals surface area contributed by atoms with Crippen LogP contribution < -0.4 is 0 Å². The molecule has 0 saturated carbocycles. The zero-order chi connectivity index (χ0) is 25.3. The smallest absolute Gasteiger partial charge is 0.311 e. The van der Waals surface area contributed by atoms with Crippen LogP contribution in [0, 0.1) is 17.8 Å². The molecule has 2 fully saturated rings. The van der Waals surface area contributed by atoms with Crippen LogP contribution in [-0.2, 0) is 19.1 Å². The van der Waals surface area contributed by atoms with Gasteiger partial charge in [0.15, 0.2) is 0 Å². The molecule has 4 rings (SSSR count). The van der Waals surface area contributed by atoms with Crippen molar-refractivity contribution in [1.29, 1.82) is 0 Å². The number of amides is 2. The van der Waals surface area contributed by atoms with Gasteiger partial charge >= 0.3 is 5.97 Å². The number of esters is 1. The lowest BCUT2D eigenvalue weighted by Gasteiger charge is -2.41. The first-order valence-corrected chi connectivity index (χ1v) is 14.1. The quantitative estimate of drug-likeness (QED) is 0.423. The minimum atomic E-state index is -0.867. The summed E-state index contributed by atoms with van der Waals surface area (Å²) in [5, 5.41) is 10.2. The molecule has 0 bridgehead atoms. The third-order valence-electron chi connectivity index (χ3n) is 8.40. The second-order valence-electron chi connectivity index (χ2n) is 10.5. The van der Waals surface area contributed by atoms with Crippen molar-refractivity contribution in [2.75, 3.05) is 19.8 Å². The Morgan fingerprint density at radius 3 is 2.66 bits per heavy atom. The van der Waals surface area contributed by atoms with E-state index >= 15 is 0 Å². The Morgan fingerprint density at radius 2 is 1.97 bits per heavy atom. The maximum Gasteiger partial charge on any atom is 0.311 e. The number of ether oxygens (including phenoxy) is 1. The van der Waals surface area contributed by atoms with Crippen molar-refractivity contribution in [2.45, 2.75) is 87.9 Å². The van der Waals surface area contributed by atoms with E-state index in [4.69, 9.17) is 4.74 Å². The fourth-order valence-electron chi connectivity index (χ4n) is 6.35. The molecule has 0 aromatic heterocycles. The number of aliphatic hydroxyl groups excluding tert-OH is 1. The number of likely N-dealkylation sites (tertiary alicyclic amines) is 1. The molecule has 2 saturated heterocycles. The molecule has 8 atom stereocenters. The molecule has 2 amide bonds. The Kier molecular flexibility index (Phi) is 8.01. The summed E-state index contributed by atoms with van der Waals surface area (Å²) >= 11 is 1.57. The third kappa shape index (κ3) is 4.35. The van der Waals surface area contributed by atoms with Crippen molar-refractivity contribution in [3.63, 3.8) is 0 Å². The first-order chi connectivity index (χ1) is 16.8. The summed E-state index contributed by atoms with van der Waals surface area (Å²) in [6.45, 7) is 8.80. The number of aliphatic hydroxyl groups is 1. The average molecular weight is 505 g/mol. The van der Waals surface area contributed by atoms with E-state index in [1.807, 2.05) is 37.0 Å². The fraction of sp³-hybridized carbons (Fsp3) is 0.741. The molecule has 194 valence electrons. The normalized spacial score (nSPS) is 36.2. The average Bonchev–Trinajstić information content (AvgIpc) is 3.24. The topological polar surface area (TPSA) is 87.2 Å². The van der Waals surface area contributed by atoms with Gasteiger partial charge in [0.1, 0.15) is 6.04 Å². The lowest BCUT2D eigenvalue weighted by atomic mass is 9.78. The molecule has 4 aliphatic heterocycles. The van der Waals surface area contributed by atoms with Gasteiger partial charge in [-0.2, -0.15) is 0 Å². The molecule has 0 aliphatic carbocycles. The van der Waals surface area contributed by atoms with E-state index in [0.717, 1.165) is 32.1 Å². The second kappa shape index (κ2) is 10.7. The number of carbonyl (C=O) groups excluding carboxylic acids is 3. The molecule has 0 aromatic rings. The van der Waals surface area contributed by atoms with E-state index in [2.05, 4.69) is 19.9 Å². The van der Waals surface area contributed by atoms with Gasteiger partial charge in [-0.05, 0) is 32.1 Å². The van der Waals surface area contributed by atoms with Crippen molar-refractivity contribution in [3.8, 4) is 0 Å². The first kappa shape index (κ1) is 26.3. The first-order valence-electron chi connectivity index (χ1n) is 13.2. The van der Waals surface area contributed by atoms with Gasteiger partial charge in [-0.25, -0.2) is 0 Å². The molecular weight excluding hydrogens is 464 g/mol. The van der Waals surface area contributed by atoms with Crippen LogP contribution in [0.1, 0.15) is 59.8 Å². The predicted molar refractivity (Wildman–Crippen MR) is 137 cm³/mol. The van der Waals surface area contributed by atoms with Gasteiger partial charge in [0.2, 0.25) is 11.8 Å². The monoisotopic (exact) mass is 504 g/mol. The Morgan fingerprint density at radius 1 is 1.20 bits per heavy atom. The second-order valence-corrected chi connectivity index (χ2v) is 12.0. The van der Waals surface area contributed by atoms with Crippen molar-refractivity contribution in [1.82, 2.24) is 9.80 Å². The summed E-state index contributed by atoms with van der Waals surface area (Å²) in [6, 6.07) is -1.21. The van der Waals surface area contributed by atoms with E-state index in [1.54, 1.807) is 16.7 Å². The molecule has 35 heavy (non-hydrogen) atoms. The number of hydrogen-bond donors (Lipinski definition) is 1. The van der Waals surface area contributed by atoms with Gasteiger partial charge in [-0.15, -0.1) is 11.8 Å². The van der Waals surface area contributed by atoms with Crippen LogP contribution in [0.3, 0.4) is 0 Å². The van der Waals surface area contributed by atoms with Crippen molar-refractivity contribution < 1.29 is 24.2 Å². The Bertz CT molecular complexity index is 891. The minimum Gasteiger partial charge on any atom is -0.465 e. The Hall–Kier alpha value is -1.80. The van der Waals surface area contributed by atoms with Crippen LogP contribution in [0.4, 0.5) is 0 Å². The summed E-state index contributed by atoms with van der Waals surface area (Å²) in [7, 11) is 0. The predicted octanol–water partition coefficient (Wildman–Crippen LogP) is 3.17. The molecule has 4 heterocycles. The number of rotatable bonds is 7. The van der Waals surface area contributed by atoms with Crippen LogP contribution in [-0.4, -0.2) is 80.6 Å². The van der Waals surface area contributed by atoms with E-state index in [0.29, 0.717) is 13.2 Å². The Labute approximate surface area is 213 Å². The van der Waals surface area contributed by atoms with Crippen molar-refractivity contribution in [2.24, 2.45) is 17.8 Å². The van der Waals surface area contributed by atoms with Crippen molar-refractivity contribution >= 4 is 29.5 Å². The highest BCUT2D eigenvalue weighted by molar-refractivity contribution is 8.02. The lowest BCUT2D eigenvalue weighted by molar-refractivity contribution is -0.154. The van der Waals surface area contributed by atoms with Gasteiger partial charge in [0.05, 0.1) is 35.8 Å². The highest BCUT2D eigenvalue weighted by atomic mass is 32.2. The van der Waals surface area contributed by atoms with Crippen LogP contribution in [0.15, 0.2) is 24.3 Å². The highest BCUT2D eigenvalue weighted by Crippen LogP contribution is 2.61. The van der Waals surface area contributed by atoms with E-state index < -0.39 is 28.7 Å². The third-order valence-corrected chi connectivity index (χ3v) is 10.1. The van der Waals surface area contributed by atoms with E-state index in [9.17, 15) is 19.5 Å². The maximum atomic E-state index is 14.3. The number of carbonyl (C=O) groups is 3. The number of hydrogen-bond acceptors (Lipinski definition) is 6. The SMILES string of the molecule is CCCC(C)N1CC=C[C@]23S[C@@H]4/C=C\CCCOC(=O)[C@@H]4[C@H]2C(=O)N([C@@H](CO)[C@@H](C)CC)C3C1=O. The van der Waals surface area contributed by atoms with Gasteiger partial charge in [0.25, 0.3) is 0 Å². The number of thioether (sulfide) groups is 1. The zero-order valence-corrected chi connectivity index (χ0v) is 22.2. The Balaban J connectivity index is 1.85. The van der Waals surface area contributed by atoms with E-state index in [1.165, 1.54) is 0 Å². The molecule has 8 heteroatoms. The number of allylic oxidation sites excluding steroid dienone is 1. The largest absolute Gasteiger partial charge is 0.465 e. The molecule has 0 aromatic carbocycles.